The minimum atomic E-state index is -0.525. The third kappa shape index (κ3) is 6.23. The van der Waals surface area contributed by atoms with E-state index in [2.05, 4.69) is 60.5 Å². The van der Waals surface area contributed by atoms with Gasteiger partial charge in [0.2, 0.25) is 0 Å². The van der Waals surface area contributed by atoms with Crippen molar-refractivity contribution in [3.05, 3.63) is 101 Å². The molecule has 1 aromatic carbocycles. The van der Waals surface area contributed by atoms with Crippen LogP contribution in [0.4, 0.5) is 4.79 Å². The van der Waals surface area contributed by atoms with Crippen molar-refractivity contribution >= 4 is 6.09 Å². The standard InChI is InChI=1S/C29H33N7O2/c1-20-28(21(2)34-19-33-20)38-29(37)32-15-22-8-10-23(11-9-22)17-36(14-12-25-16-30-18-35-25)26-7-3-5-24-6-4-13-31-27(24)26/h4,6,8-11,13,16,18-19,26H,3,5,7,12,14-15,17H2,1-2H3,(H,30,35)(H,32,37). The largest absolute Gasteiger partial charge is 0.412 e. The summed E-state index contributed by atoms with van der Waals surface area (Å²) in [5, 5.41) is 2.82. The maximum absolute atomic E-state index is 12.3. The van der Waals surface area contributed by atoms with E-state index in [0.717, 1.165) is 43.6 Å². The first kappa shape index (κ1) is 25.5. The molecule has 0 fully saturated rings. The third-order valence-electron chi connectivity index (χ3n) is 7.03. The highest BCUT2D eigenvalue weighted by Crippen LogP contribution is 2.33. The molecular formula is C29H33N7O2. The van der Waals surface area contributed by atoms with Crippen LogP contribution in [0.1, 0.15) is 58.3 Å². The number of pyridine rings is 1. The third-order valence-corrected chi connectivity index (χ3v) is 7.03. The Bertz CT molecular complexity index is 1340. The normalized spacial score (nSPS) is 14.8. The van der Waals surface area contributed by atoms with Crippen LogP contribution in [0.5, 0.6) is 5.75 Å². The predicted molar refractivity (Wildman–Crippen MR) is 143 cm³/mol. The van der Waals surface area contributed by atoms with Gasteiger partial charge in [-0.1, -0.05) is 30.3 Å². The fourth-order valence-electron chi connectivity index (χ4n) is 5.00. The maximum atomic E-state index is 12.3. The second-order valence-electron chi connectivity index (χ2n) is 9.69. The van der Waals surface area contributed by atoms with Gasteiger partial charge in [-0.15, -0.1) is 0 Å². The molecular weight excluding hydrogens is 478 g/mol. The van der Waals surface area contributed by atoms with Crippen molar-refractivity contribution in [1.82, 2.24) is 35.1 Å². The Morgan fingerprint density at radius 2 is 1.89 bits per heavy atom. The lowest BCUT2D eigenvalue weighted by molar-refractivity contribution is 0.167. The predicted octanol–water partition coefficient (Wildman–Crippen LogP) is 4.62. The number of ether oxygens (including phenoxy) is 1. The summed E-state index contributed by atoms with van der Waals surface area (Å²) in [5.74, 6) is 0.398. The molecule has 0 bridgehead atoms. The Morgan fingerprint density at radius 3 is 2.66 bits per heavy atom. The molecule has 3 heterocycles. The summed E-state index contributed by atoms with van der Waals surface area (Å²) in [6, 6.07) is 12.9. The van der Waals surface area contributed by atoms with Crippen molar-refractivity contribution in [3.8, 4) is 5.75 Å². The molecule has 196 valence electrons. The Labute approximate surface area is 222 Å². The van der Waals surface area contributed by atoms with Gasteiger partial charge in [0.05, 0.1) is 29.5 Å². The number of hydrogen-bond donors (Lipinski definition) is 2. The lowest BCUT2D eigenvalue weighted by atomic mass is 9.90. The molecule has 0 saturated heterocycles. The van der Waals surface area contributed by atoms with E-state index in [1.54, 1.807) is 20.2 Å². The van der Waals surface area contributed by atoms with Crippen LogP contribution in [0.3, 0.4) is 0 Å². The van der Waals surface area contributed by atoms with E-state index in [1.165, 1.54) is 29.6 Å². The van der Waals surface area contributed by atoms with Crippen molar-refractivity contribution in [3.63, 3.8) is 0 Å². The number of H-pyrrole nitrogens is 1. The topological polar surface area (TPSA) is 109 Å². The Morgan fingerprint density at radius 1 is 1.11 bits per heavy atom. The van der Waals surface area contributed by atoms with Crippen LogP contribution in [0, 0.1) is 13.8 Å². The molecule has 1 atom stereocenters. The average molecular weight is 512 g/mol. The lowest BCUT2D eigenvalue weighted by Crippen LogP contribution is -2.33. The van der Waals surface area contributed by atoms with Crippen LogP contribution in [0.15, 0.2) is 61.4 Å². The number of aryl methyl sites for hydroxylation is 3. The number of rotatable bonds is 9. The summed E-state index contributed by atoms with van der Waals surface area (Å²) >= 11 is 0. The van der Waals surface area contributed by atoms with Crippen molar-refractivity contribution < 1.29 is 9.53 Å². The zero-order valence-electron chi connectivity index (χ0n) is 21.9. The zero-order chi connectivity index (χ0) is 26.3. The number of imidazole rings is 1. The highest BCUT2D eigenvalue weighted by atomic mass is 16.6. The SMILES string of the molecule is Cc1ncnc(C)c1OC(=O)NCc1ccc(CN(CCc2cnc[nH]2)C2CCCc3cccnc32)cc1. The number of carbonyl (C=O) groups excluding carboxylic acids is 1. The highest BCUT2D eigenvalue weighted by Gasteiger charge is 2.27. The molecule has 3 aromatic heterocycles. The van der Waals surface area contributed by atoms with E-state index in [9.17, 15) is 4.79 Å². The van der Waals surface area contributed by atoms with E-state index in [4.69, 9.17) is 9.72 Å². The number of amides is 1. The summed E-state index contributed by atoms with van der Waals surface area (Å²) < 4.78 is 5.43. The first-order valence-electron chi connectivity index (χ1n) is 13.0. The van der Waals surface area contributed by atoms with Gasteiger partial charge in [0.15, 0.2) is 5.75 Å². The number of hydrogen-bond acceptors (Lipinski definition) is 7. The van der Waals surface area contributed by atoms with Crippen LogP contribution in [0.2, 0.25) is 0 Å². The molecule has 0 spiro atoms. The van der Waals surface area contributed by atoms with Gasteiger partial charge < -0.3 is 15.0 Å². The van der Waals surface area contributed by atoms with E-state index >= 15 is 0 Å². The van der Waals surface area contributed by atoms with Crippen molar-refractivity contribution in [2.24, 2.45) is 0 Å². The van der Waals surface area contributed by atoms with Crippen LogP contribution in [0.25, 0.3) is 0 Å². The first-order chi connectivity index (χ1) is 18.6. The minimum absolute atomic E-state index is 0.285. The molecule has 38 heavy (non-hydrogen) atoms. The van der Waals surface area contributed by atoms with Gasteiger partial charge in [-0.2, -0.15) is 0 Å². The van der Waals surface area contributed by atoms with Crippen molar-refractivity contribution in [2.45, 2.75) is 58.7 Å². The number of nitrogens with one attached hydrogen (secondary N) is 2. The number of aromatic nitrogens is 5. The second kappa shape index (κ2) is 12.0. The fourth-order valence-corrected chi connectivity index (χ4v) is 5.00. The van der Waals surface area contributed by atoms with Crippen molar-refractivity contribution in [1.29, 1.82) is 0 Å². The van der Waals surface area contributed by atoms with E-state index in [-0.39, 0.29) is 6.04 Å². The number of fused-ring (bicyclic) bond motifs is 1. The van der Waals surface area contributed by atoms with Crippen LogP contribution < -0.4 is 10.1 Å². The summed E-state index contributed by atoms with van der Waals surface area (Å²) in [4.78, 5) is 35.2. The molecule has 5 rings (SSSR count). The molecule has 1 aliphatic carbocycles. The molecule has 9 nitrogen and oxygen atoms in total. The van der Waals surface area contributed by atoms with E-state index < -0.39 is 6.09 Å². The average Bonchev–Trinajstić information content (AvgIpc) is 3.46. The Kier molecular flexibility index (Phi) is 8.04. The van der Waals surface area contributed by atoms with Crippen LogP contribution in [-0.2, 0) is 25.9 Å². The molecule has 1 unspecified atom stereocenters. The lowest BCUT2D eigenvalue weighted by Gasteiger charge is -2.35. The van der Waals surface area contributed by atoms with Gasteiger partial charge in [0, 0.05) is 44.1 Å². The van der Waals surface area contributed by atoms with Crippen LogP contribution >= 0.6 is 0 Å². The quantitative estimate of drug-likeness (QED) is 0.337. The number of benzene rings is 1. The summed E-state index contributed by atoms with van der Waals surface area (Å²) in [5.41, 5.74) is 7.17. The number of carbonyl (C=O) groups is 1. The molecule has 0 saturated carbocycles. The van der Waals surface area contributed by atoms with Gasteiger partial charge in [-0.25, -0.2) is 19.7 Å². The van der Waals surface area contributed by atoms with Gasteiger partial charge in [0.1, 0.15) is 6.33 Å². The summed E-state index contributed by atoms with van der Waals surface area (Å²) in [7, 11) is 0. The Balaban J connectivity index is 1.23. The van der Waals surface area contributed by atoms with Gasteiger partial charge in [-0.05, 0) is 55.9 Å². The molecule has 4 aromatic rings. The number of nitrogens with zero attached hydrogens (tertiary/aromatic N) is 5. The van der Waals surface area contributed by atoms with Gasteiger partial charge in [0.25, 0.3) is 0 Å². The van der Waals surface area contributed by atoms with Crippen LogP contribution in [-0.4, -0.2) is 42.5 Å². The monoisotopic (exact) mass is 511 g/mol. The van der Waals surface area contributed by atoms with E-state index in [0.29, 0.717) is 23.7 Å². The molecule has 1 amide bonds. The maximum Gasteiger partial charge on any atom is 0.412 e. The smallest absolute Gasteiger partial charge is 0.406 e. The molecule has 9 heteroatoms. The van der Waals surface area contributed by atoms with E-state index in [1.807, 2.05) is 18.5 Å². The molecule has 1 aliphatic rings. The highest BCUT2D eigenvalue weighted by molar-refractivity contribution is 5.70. The van der Waals surface area contributed by atoms with Crippen molar-refractivity contribution in [2.75, 3.05) is 6.54 Å². The van der Waals surface area contributed by atoms with Gasteiger partial charge in [-0.3, -0.25) is 9.88 Å². The number of aromatic amines is 1. The second-order valence-corrected chi connectivity index (χ2v) is 9.69. The molecule has 0 radical (unpaired) electrons. The fraction of sp³-hybridized carbons (Fsp3) is 0.345. The molecule has 0 aliphatic heterocycles. The zero-order valence-corrected chi connectivity index (χ0v) is 21.9. The summed E-state index contributed by atoms with van der Waals surface area (Å²) in [6.45, 7) is 5.66. The summed E-state index contributed by atoms with van der Waals surface area (Å²) in [6.07, 6.45) is 10.7. The molecule has 2 N–H and O–H groups in total. The minimum Gasteiger partial charge on any atom is -0.406 e. The first-order valence-corrected chi connectivity index (χ1v) is 13.0. The van der Waals surface area contributed by atoms with Gasteiger partial charge >= 0.3 is 6.09 Å². The Hall–Kier alpha value is -4.11.